The summed E-state index contributed by atoms with van der Waals surface area (Å²) in [6.07, 6.45) is 2.96. The van der Waals surface area contributed by atoms with Crippen LogP contribution < -0.4 is 11.1 Å². The van der Waals surface area contributed by atoms with Gasteiger partial charge in [-0.05, 0) is 30.3 Å². The number of nitrogens with zero attached hydrogens (tertiary/aromatic N) is 3. The van der Waals surface area contributed by atoms with Crippen molar-refractivity contribution in [1.29, 1.82) is 5.26 Å². The third-order valence-electron chi connectivity index (χ3n) is 4.27. The number of anilines is 2. The SMILES string of the molecule is N#C/C(=C/N1CCN(C(=O)c2ccco2)CC1)C(=O)Nc1ccc(N)c(Cl)c1. The van der Waals surface area contributed by atoms with Crippen molar-refractivity contribution in [3.05, 3.63) is 59.2 Å². The van der Waals surface area contributed by atoms with E-state index in [1.165, 1.54) is 18.5 Å². The van der Waals surface area contributed by atoms with Crippen molar-refractivity contribution >= 4 is 34.8 Å². The van der Waals surface area contributed by atoms with E-state index < -0.39 is 5.91 Å². The number of amides is 2. The van der Waals surface area contributed by atoms with Gasteiger partial charge in [0.15, 0.2) is 5.76 Å². The highest BCUT2D eigenvalue weighted by atomic mass is 35.5. The summed E-state index contributed by atoms with van der Waals surface area (Å²) >= 11 is 5.94. The highest BCUT2D eigenvalue weighted by molar-refractivity contribution is 6.33. The Labute approximate surface area is 166 Å². The molecule has 0 unspecified atom stereocenters. The average molecular weight is 400 g/mol. The van der Waals surface area contributed by atoms with E-state index in [0.29, 0.717) is 48.3 Å². The molecular weight excluding hydrogens is 382 g/mol. The summed E-state index contributed by atoms with van der Waals surface area (Å²) < 4.78 is 5.13. The molecule has 2 aromatic rings. The number of carbonyl (C=O) groups is 2. The van der Waals surface area contributed by atoms with Crippen LogP contribution in [0.25, 0.3) is 0 Å². The lowest BCUT2D eigenvalue weighted by Gasteiger charge is -2.33. The topological polar surface area (TPSA) is 116 Å². The minimum atomic E-state index is -0.544. The average Bonchev–Trinajstić information content (AvgIpc) is 3.23. The predicted octanol–water partition coefficient (Wildman–Crippen LogP) is 2.32. The van der Waals surface area contributed by atoms with Crippen molar-refractivity contribution in [2.75, 3.05) is 37.2 Å². The smallest absolute Gasteiger partial charge is 0.289 e. The molecule has 1 aliphatic heterocycles. The van der Waals surface area contributed by atoms with Gasteiger partial charge >= 0.3 is 0 Å². The van der Waals surface area contributed by atoms with Crippen LogP contribution in [-0.4, -0.2) is 47.8 Å². The number of carbonyl (C=O) groups excluding carboxylic acids is 2. The summed E-state index contributed by atoms with van der Waals surface area (Å²) in [5.74, 6) is -0.423. The number of nitrogens with one attached hydrogen (secondary N) is 1. The van der Waals surface area contributed by atoms with Crippen LogP contribution in [0.1, 0.15) is 10.6 Å². The Kier molecular flexibility index (Phi) is 5.87. The Balaban J connectivity index is 1.60. The molecule has 1 aliphatic rings. The van der Waals surface area contributed by atoms with Gasteiger partial charge < -0.3 is 25.3 Å². The molecule has 3 rings (SSSR count). The van der Waals surface area contributed by atoms with Gasteiger partial charge in [-0.3, -0.25) is 9.59 Å². The number of furan rings is 1. The maximum atomic E-state index is 12.4. The quantitative estimate of drug-likeness (QED) is 0.463. The van der Waals surface area contributed by atoms with E-state index in [0.717, 1.165) is 0 Å². The molecule has 3 N–H and O–H groups in total. The number of benzene rings is 1. The third-order valence-corrected chi connectivity index (χ3v) is 4.60. The maximum Gasteiger partial charge on any atom is 0.289 e. The second-order valence-corrected chi connectivity index (χ2v) is 6.56. The fraction of sp³-hybridized carbons (Fsp3) is 0.211. The molecule has 1 aromatic heterocycles. The molecule has 9 heteroatoms. The van der Waals surface area contributed by atoms with E-state index in [2.05, 4.69) is 5.32 Å². The van der Waals surface area contributed by atoms with Gasteiger partial charge in [-0.15, -0.1) is 0 Å². The Hall–Kier alpha value is -3.44. The highest BCUT2D eigenvalue weighted by Crippen LogP contribution is 2.23. The lowest BCUT2D eigenvalue weighted by atomic mass is 10.2. The van der Waals surface area contributed by atoms with Crippen LogP contribution in [0.2, 0.25) is 5.02 Å². The second kappa shape index (κ2) is 8.50. The van der Waals surface area contributed by atoms with Gasteiger partial charge in [-0.2, -0.15) is 5.26 Å². The molecule has 144 valence electrons. The number of hydrogen-bond donors (Lipinski definition) is 2. The number of hydrogen-bond acceptors (Lipinski definition) is 6. The molecule has 0 aliphatic carbocycles. The zero-order valence-corrected chi connectivity index (χ0v) is 15.6. The van der Waals surface area contributed by atoms with Crippen molar-refractivity contribution in [3.63, 3.8) is 0 Å². The van der Waals surface area contributed by atoms with Crippen LogP contribution in [0.3, 0.4) is 0 Å². The largest absolute Gasteiger partial charge is 0.459 e. The lowest BCUT2D eigenvalue weighted by Crippen LogP contribution is -2.47. The molecule has 0 spiro atoms. The molecule has 1 fully saturated rings. The fourth-order valence-electron chi connectivity index (χ4n) is 2.73. The predicted molar refractivity (Wildman–Crippen MR) is 104 cm³/mol. The van der Waals surface area contributed by atoms with Crippen molar-refractivity contribution < 1.29 is 14.0 Å². The molecule has 0 atom stereocenters. The van der Waals surface area contributed by atoms with Crippen LogP contribution in [-0.2, 0) is 4.79 Å². The molecular formula is C19H18ClN5O3. The summed E-state index contributed by atoms with van der Waals surface area (Å²) in [7, 11) is 0. The number of halogens is 1. The standard InChI is InChI=1S/C19H18ClN5O3/c20-15-10-14(3-4-16(15)22)23-18(26)13(11-21)12-24-5-7-25(8-6-24)19(27)17-2-1-9-28-17/h1-4,9-10,12H,5-8,22H2,(H,23,26)/b13-12-. The fourth-order valence-corrected chi connectivity index (χ4v) is 2.91. The monoisotopic (exact) mass is 399 g/mol. The Bertz CT molecular complexity index is 941. The number of nitrogens with two attached hydrogens (primary N) is 1. The van der Waals surface area contributed by atoms with E-state index in [4.69, 9.17) is 21.8 Å². The van der Waals surface area contributed by atoms with Crippen molar-refractivity contribution in [2.24, 2.45) is 0 Å². The van der Waals surface area contributed by atoms with Gasteiger partial charge in [0.05, 0.1) is 17.0 Å². The number of piperazine rings is 1. The van der Waals surface area contributed by atoms with Gasteiger partial charge in [0, 0.05) is 38.1 Å². The molecule has 2 heterocycles. The van der Waals surface area contributed by atoms with E-state index in [1.807, 2.05) is 11.0 Å². The van der Waals surface area contributed by atoms with E-state index in [-0.39, 0.29) is 11.5 Å². The van der Waals surface area contributed by atoms with Gasteiger partial charge in [0.25, 0.3) is 11.8 Å². The summed E-state index contributed by atoms with van der Waals surface area (Å²) in [4.78, 5) is 28.1. The van der Waals surface area contributed by atoms with E-state index >= 15 is 0 Å². The first-order valence-electron chi connectivity index (χ1n) is 8.53. The molecule has 0 bridgehead atoms. The third kappa shape index (κ3) is 4.45. The van der Waals surface area contributed by atoms with Crippen molar-refractivity contribution in [1.82, 2.24) is 9.80 Å². The summed E-state index contributed by atoms with van der Waals surface area (Å²) in [6, 6.07) is 9.89. The Morgan fingerprint density at radius 1 is 1.25 bits per heavy atom. The zero-order chi connectivity index (χ0) is 20.1. The number of nitriles is 1. The second-order valence-electron chi connectivity index (χ2n) is 6.15. The first-order valence-corrected chi connectivity index (χ1v) is 8.91. The lowest BCUT2D eigenvalue weighted by molar-refractivity contribution is -0.112. The number of rotatable bonds is 4. The molecule has 28 heavy (non-hydrogen) atoms. The highest BCUT2D eigenvalue weighted by Gasteiger charge is 2.23. The molecule has 0 saturated carbocycles. The van der Waals surface area contributed by atoms with Crippen LogP contribution in [0, 0.1) is 11.3 Å². The van der Waals surface area contributed by atoms with Crippen LogP contribution in [0.4, 0.5) is 11.4 Å². The summed E-state index contributed by atoms with van der Waals surface area (Å²) in [6.45, 7) is 1.92. The van der Waals surface area contributed by atoms with Gasteiger partial charge in [-0.25, -0.2) is 0 Å². The van der Waals surface area contributed by atoms with Crippen LogP contribution >= 0.6 is 11.6 Å². The molecule has 1 saturated heterocycles. The Morgan fingerprint density at radius 2 is 2.00 bits per heavy atom. The normalized spacial score (nSPS) is 14.5. The van der Waals surface area contributed by atoms with Crippen molar-refractivity contribution in [3.8, 4) is 6.07 Å². The number of nitrogen functional groups attached to an aromatic ring is 1. The first-order chi connectivity index (χ1) is 13.5. The molecule has 8 nitrogen and oxygen atoms in total. The van der Waals surface area contributed by atoms with Gasteiger partial charge in [0.1, 0.15) is 11.6 Å². The zero-order valence-electron chi connectivity index (χ0n) is 14.9. The minimum absolute atomic E-state index is 0.0428. The van der Waals surface area contributed by atoms with Crippen LogP contribution in [0.15, 0.2) is 52.8 Å². The van der Waals surface area contributed by atoms with Gasteiger partial charge in [-0.1, -0.05) is 11.6 Å². The van der Waals surface area contributed by atoms with E-state index in [1.54, 1.807) is 29.2 Å². The molecule has 0 radical (unpaired) electrons. The van der Waals surface area contributed by atoms with E-state index in [9.17, 15) is 14.9 Å². The Morgan fingerprint density at radius 3 is 2.61 bits per heavy atom. The maximum absolute atomic E-state index is 12.4. The summed E-state index contributed by atoms with van der Waals surface area (Å²) in [5, 5.41) is 12.3. The van der Waals surface area contributed by atoms with Gasteiger partial charge in [0.2, 0.25) is 0 Å². The summed E-state index contributed by atoms with van der Waals surface area (Å²) in [5.41, 5.74) is 6.45. The first kappa shape index (κ1) is 19.3. The van der Waals surface area contributed by atoms with Crippen LogP contribution in [0.5, 0.6) is 0 Å². The van der Waals surface area contributed by atoms with Crippen molar-refractivity contribution in [2.45, 2.75) is 0 Å². The molecule has 2 amide bonds. The molecule has 1 aromatic carbocycles. The minimum Gasteiger partial charge on any atom is -0.459 e.